The Morgan fingerprint density at radius 2 is 1.96 bits per heavy atom. The Hall–Kier alpha value is -2.30. The maximum absolute atomic E-state index is 12.4. The van der Waals surface area contributed by atoms with Crippen molar-refractivity contribution in [2.75, 3.05) is 39.3 Å². The minimum atomic E-state index is -2.87. The molecule has 2 heterocycles. The average molecular weight is 417 g/mol. The topological polar surface area (TPSA) is 84.3 Å². The molecule has 1 aromatic heterocycles. The number of amides is 1. The molecule has 154 valence electrons. The number of piperazine rings is 1. The van der Waals surface area contributed by atoms with E-state index in [-0.39, 0.29) is 29.8 Å². The normalized spacial score (nSPS) is 14.6. The van der Waals surface area contributed by atoms with Crippen LogP contribution in [0.4, 0.5) is 8.78 Å². The van der Waals surface area contributed by atoms with E-state index < -0.39 is 6.61 Å². The van der Waals surface area contributed by atoms with Crippen molar-refractivity contribution in [3.63, 3.8) is 0 Å². The van der Waals surface area contributed by atoms with Crippen LogP contribution in [-0.2, 0) is 0 Å². The minimum absolute atomic E-state index is 0. The van der Waals surface area contributed by atoms with Gasteiger partial charge in [-0.2, -0.15) is 8.78 Å². The Morgan fingerprint density at radius 3 is 2.61 bits per heavy atom. The van der Waals surface area contributed by atoms with Gasteiger partial charge in [-0.1, -0.05) is 5.21 Å². The summed E-state index contributed by atoms with van der Waals surface area (Å²) in [6.45, 7) is 4.03. The van der Waals surface area contributed by atoms with Crippen molar-refractivity contribution < 1.29 is 18.3 Å². The van der Waals surface area contributed by atoms with Gasteiger partial charge >= 0.3 is 6.61 Å². The van der Waals surface area contributed by atoms with Gasteiger partial charge in [0.15, 0.2) is 5.69 Å². The zero-order valence-corrected chi connectivity index (χ0v) is 16.2. The number of benzene rings is 1. The van der Waals surface area contributed by atoms with Crippen LogP contribution < -0.4 is 15.4 Å². The van der Waals surface area contributed by atoms with Crippen molar-refractivity contribution in [3.8, 4) is 11.4 Å². The molecular formula is C17H23ClF2N6O2. The first-order valence-electron chi connectivity index (χ1n) is 8.73. The van der Waals surface area contributed by atoms with Crippen molar-refractivity contribution in [1.82, 2.24) is 30.5 Å². The van der Waals surface area contributed by atoms with Gasteiger partial charge < -0.3 is 15.4 Å². The Bertz CT molecular complexity index is 766. The van der Waals surface area contributed by atoms with E-state index in [1.165, 1.54) is 16.8 Å². The van der Waals surface area contributed by atoms with E-state index >= 15 is 0 Å². The predicted octanol–water partition coefficient (Wildman–Crippen LogP) is 1.23. The predicted molar refractivity (Wildman–Crippen MR) is 102 cm³/mol. The van der Waals surface area contributed by atoms with E-state index in [9.17, 15) is 13.6 Å². The van der Waals surface area contributed by atoms with Crippen LogP contribution in [0.5, 0.6) is 5.75 Å². The molecule has 2 N–H and O–H groups in total. The number of nitrogens with zero attached hydrogens (tertiary/aromatic N) is 4. The number of alkyl halides is 2. The molecular weight excluding hydrogens is 394 g/mol. The number of carbonyl (C=O) groups is 1. The van der Waals surface area contributed by atoms with Crippen molar-refractivity contribution >= 4 is 18.3 Å². The fraction of sp³-hybridized carbons (Fsp3) is 0.471. The molecule has 0 aliphatic carbocycles. The summed E-state index contributed by atoms with van der Waals surface area (Å²) in [5.41, 5.74) is 1.40. The van der Waals surface area contributed by atoms with Crippen molar-refractivity contribution in [3.05, 3.63) is 35.7 Å². The highest BCUT2D eigenvalue weighted by Gasteiger charge is 2.18. The van der Waals surface area contributed by atoms with E-state index in [2.05, 4.69) is 30.6 Å². The van der Waals surface area contributed by atoms with Gasteiger partial charge in [0.05, 0.1) is 11.4 Å². The molecule has 28 heavy (non-hydrogen) atoms. The lowest BCUT2D eigenvalue weighted by Gasteiger charge is -2.26. The molecule has 11 heteroatoms. The van der Waals surface area contributed by atoms with Crippen molar-refractivity contribution in [2.45, 2.75) is 13.5 Å². The molecule has 0 atom stereocenters. The van der Waals surface area contributed by atoms with Crippen LogP contribution in [0.2, 0.25) is 0 Å². The summed E-state index contributed by atoms with van der Waals surface area (Å²) < 4.78 is 30.2. The number of rotatable bonds is 7. The van der Waals surface area contributed by atoms with E-state index in [0.29, 0.717) is 17.9 Å². The summed E-state index contributed by atoms with van der Waals surface area (Å²) in [6.07, 6.45) is 0. The van der Waals surface area contributed by atoms with Crippen LogP contribution in [0, 0.1) is 6.92 Å². The first kappa shape index (κ1) is 22.0. The van der Waals surface area contributed by atoms with Gasteiger partial charge in [0, 0.05) is 39.3 Å². The lowest BCUT2D eigenvalue weighted by molar-refractivity contribution is -0.0498. The molecule has 1 amide bonds. The number of ether oxygens (including phenoxy) is 1. The number of hydrogen-bond donors (Lipinski definition) is 2. The summed E-state index contributed by atoms with van der Waals surface area (Å²) in [7, 11) is 0. The summed E-state index contributed by atoms with van der Waals surface area (Å²) in [4.78, 5) is 14.6. The summed E-state index contributed by atoms with van der Waals surface area (Å²) in [5.74, 6) is -0.232. The molecule has 2 aromatic rings. The summed E-state index contributed by atoms with van der Waals surface area (Å²) in [6, 6.07) is 5.97. The minimum Gasteiger partial charge on any atom is -0.435 e. The Morgan fingerprint density at radius 1 is 1.29 bits per heavy atom. The van der Waals surface area contributed by atoms with Crippen LogP contribution in [0.1, 0.15) is 16.2 Å². The molecule has 0 spiro atoms. The Kier molecular flexibility index (Phi) is 8.09. The lowest BCUT2D eigenvalue weighted by atomic mass is 10.2. The molecule has 1 fully saturated rings. The van der Waals surface area contributed by atoms with Gasteiger partial charge in [-0.3, -0.25) is 9.69 Å². The van der Waals surface area contributed by atoms with E-state index in [4.69, 9.17) is 0 Å². The van der Waals surface area contributed by atoms with Gasteiger partial charge in [-0.05, 0) is 31.2 Å². The van der Waals surface area contributed by atoms with Gasteiger partial charge in [-0.15, -0.1) is 17.5 Å². The lowest BCUT2D eigenvalue weighted by Crippen LogP contribution is -2.46. The maximum atomic E-state index is 12.4. The van der Waals surface area contributed by atoms with Gasteiger partial charge in [-0.25, -0.2) is 4.68 Å². The van der Waals surface area contributed by atoms with E-state index in [0.717, 1.165) is 32.7 Å². The molecule has 1 saturated heterocycles. The average Bonchev–Trinajstić information content (AvgIpc) is 3.04. The third-order valence-electron chi connectivity index (χ3n) is 4.34. The molecule has 0 radical (unpaired) electrons. The second-order valence-corrected chi connectivity index (χ2v) is 6.16. The number of carbonyl (C=O) groups excluding carboxylic acids is 1. The molecule has 8 nitrogen and oxygen atoms in total. The van der Waals surface area contributed by atoms with Crippen LogP contribution in [0.25, 0.3) is 5.69 Å². The second-order valence-electron chi connectivity index (χ2n) is 6.16. The Balaban J connectivity index is 0.00000280. The van der Waals surface area contributed by atoms with Crippen LogP contribution >= 0.6 is 12.4 Å². The third kappa shape index (κ3) is 5.60. The first-order valence-corrected chi connectivity index (χ1v) is 8.73. The zero-order chi connectivity index (χ0) is 19.2. The largest absolute Gasteiger partial charge is 0.435 e. The molecule has 0 bridgehead atoms. The highest BCUT2D eigenvalue weighted by molar-refractivity contribution is 5.93. The third-order valence-corrected chi connectivity index (χ3v) is 4.34. The fourth-order valence-corrected chi connectivity index (χ4v) is 2.90. The fourth-order valence-electron chi connectivity index (χ4n) is 2.90. The van der Waals surface area contributed by atoms with Gasteiger partial charge in [0.1, 0.15) is 5.75 Å². The van der Waals surface area contributed by atoms with Crippen LogP contribution in [0.15, 0.2) is 24.3 Å². The first-order chi connectivity index (χ1) is 13.0. The van der Waals surface area contributed by atoms with Crippen LogP contribution in [-0.4, -0.2) is 71.7 Å². The van der Waals surface area contributed by atoms with Gasteiger partial charge in [0.2, 0.25) is 0 Å². The van der Waals surface area contributed by atoms with E-state index in [1.807, 2.05) is 0 Å². The zero-order valence-electron chi connectivity index (χ0n) is 15.4. The molecule has 3 rings (SSSR count). The number of nitrogens with one attached hydrogen (secondary N) is 2. The summed E-state index contributed by atoms with van der Waals surface area (Å²) >= 11 is 0. The van der Waals surface area contributed by atoms with Crippen molar-refractivity contribution in [1.29, 1.82) is 0 Å². The number of aromatic nitrogens is 3. The van der Waals surface area contributed by atoms with E-state index in [1.54, 1.807) is 19.1 Å². The van der Waals surface area contributed by atoms with Gasteiger partial charge in [0.25, 0.3) is 5.91 Å². The van der Waals surface area contributed by atoms with Crippen molar-refractivity contribution in [2.24, 2.45) is 0 Å². The number of hydrogen-bond acceptors (Lipinski definition) is 6. The highest BCUT2D eigenvalue weighted by atomic mass is 35.5. The smallest absolute Gasteiger partial charge is 0.387 e. The molecule has 1 aliphatic heterocycles. The SMILES string of the molecule is Cc1c(C(=O)NCCN2CCNCC2)nnn1-c1ccc(OC(F)F)cc1.Cl. The summed E-state index contributed by atoms with van der Waals surface area (Å²) in [5, 5.41) is 14.1. The quantitative estimate of drug-likeness (QED) is 0.706. The number of halogens is 3. The van der Waals surface area contributed by atoms with Crippen LogP contribution in [0.3, 0.4) is 0 Å². The maximum Gasteiger partial charge on any atom is 0.387 e. The monoisotopic (exact) mass is 416 g/mol. The Labute approximate surface area is 167 Å². The second kappa shape index (κ2) is 10.3. The molecule has 1 aromatic carbocycles. The molecule has 1 aliphatic rings. The highest BCUT2D eigenvalue weighted by Crippen LogP contribution is 2.18. The molecule has 0 unspecified atom stereocenters. The standard InChI is InChI=1S/C17H22F2N6O2.ClH/c1-12-15(16(26)21-8-11-24-9-6-20-7-10-24)22-23-25(12)13-2-4-14(5-3-13)27-17(18)19;/h2-5,17,20H,6-11H2,1H3,(H,21,26);1H. The molecule has 0 saturated carbocycles.